The summed E-state index contributed by atoms with van der Waals surface area (Å²) in [5, 5.41) is 0. The van der Waals surface area contributed by atoms with Crippen LogP contribution >= 0.6 is 0 Å². The van der Waals surface area contributed by atoms with E-state index in [1.54, 1.807) is 57.9 Å². The molecule has 164 valence electrons. The van der Waals surface area contributed by atoms with E-state index >= 15 is 0 Å². The van der Waals surface area contributed by atoms with Crippen LogP contribution in [0.1, 0.15) is 11.1 Å². The molecule has 4 rings (SSSR count). The molecule has 0 bridgehead atoms. The van der Waals surface area contributed by atoms with Crippen LogP contribution in [0.3, 0.4) is 0 Å². The van der Waals surface area contributed by atoms with Gasteiger partial charge in [0.2, 0.25) is 0 Å². The number of ether oxygens (including phenoxy) is 4. The summed E-state index contributed by atoms with van der Waals surface area (Å²) in [5.41, 5.74) is 2.08. The molecule has 0 unspecified atom stereocenters. The number of rotatable bonds is 8. The molecule has 0 spiro atoms. The van der Waals surface area contributed by atoms with Crippen LogP contribution in [0.2, 0.25) is 0 Å². The van der Waals surface area contributed by atoms with Gasteiger partial charge in [-0.25, -0.2) is 9.97 Å². The van der Waals surface area contributed by atoms with E-state index in [0.717, 1.165) is 11.3 Å². The Labute approximate surface area is 185 Å². The average Bonchev–Trinajstić information content (AvgIpc) is 2.83. The summed E-state index contributed by atoms with van der Waals surface area (Å²) in [5.74, 6) is 2.58. The van der Waals surface area contributed by atoms with Gasteiger partial charge in [0.1, 0.15) is 22.9 Å². The monoisotopic (exact) mass is 433 g/mol. The van der Waals surface area contributed by atoms with Crippen LogP contribution in [0.25, 0.3) is 5.65 Å². The zero-order valence-corrected chi connectivity index (χ0v) is 18.1. The van der Waals surface area contributed by atoms with Crippen molar-refractivity contribution in [1.29, 1.82) is 0 Å². The maximum absolute atomic E-state index is 12.3. The lowest BCUT2D eigenvalue weighted by Gasteiger charge is -2.12. The Morgan fingerprint density at radius 1 is 0.906 bits per heavy atom. The van der Waals surface area contributed by atoms with Crippen molar-refractivity contribution in [2.75, 3.05) is 20.8 Å². The molecular formula is C24H23N3O5. The van der Waals surface area contributed by atoms with Gasteiger partial charge < -0.3 is 18.9 Å². The Bertz CT molecular complexity index is 1290. The Morgan fingerprint density at radius 2 is 1.69 bits per heavy atom. The van der Waals surface area contributed by atoms with Crippen molar-refractivity contribution < 1.29 is 18.9 Å². The molecule has 0 amide bonds. The molecule has 0 fully saturated rings. The second kappa shape index (κ2) is 9.38. The predicted octanol–water partition coefficient (Wildman–Crippen LogP) is 3.83. The second-order valence-corrected chi connectivity index (χ2v) is 7.07. The summed E-state index contributed by atoms with van der Waals surface area (Å²) in [4.78, 5) is 20.9. The highest BCUT2D eigenvalue weighted by Gasteiger charge is 2.10. The number of hydrogen-bond donors (Lipinski definition) is 0. The van der Waals surface area contributed by atoms with Crippen LogP contribution in [0, 0.1) is 6.92 Å². The number of benzene rings is 1. The van der Waals surface area contributed by atoms with E-state index in [2.05, 4.69) is 9.97 Å². The average molecular weight is 433 g/mol. The summed E-state index contributed by atoms with van der Waals surface area (Å²) < 4.78 is 23.7. The zero-order valence-electron chi connectivity index (χ0n) is 18.1. The summed E-state index contributed by atoms with van der Waals surface area (Å²) in [6.07, 6.45) is 5.42. The Hall–Kier alpha value is -4.07. The first kappa shape index (κ1) is 21.2. The van der Waals surface area contributed by atoms with Crippen LogP contribution in [-0.4, -0.2) is 35.2 Å². The SMILES string of the molecule is COc1ccc(CCOc2ncc(Oc3ccc4ncc(C)c(=O)n4c3)cc2OC)cc1. The summed E-state index contributed by atoms with van der Waals surface area (Å²) in [7, 11) is 3.18. The molecule has 0 saturated carbocycles. The summed E-state index contributed by atoms with van der Waals surface area (Å²) in [6.45, 7) is 2.16. The van der Waals surface area contributed by atoms with Crippen LogP contribution in [0.5, 0.6) is 28.9 Å². The van der Waals surface area contributed by atoms with Crippen LogP contribution in [-0.2, 0) is 6.42 Å². The number of aromatic nitrogens is 3. The van der Waals surface area contributed by atoms with E-state index in [1.165, 1.54) is 4.40 Å². The molecule has 8 heteroatoms. The van der Waals surface area contributed by atoms with Crippen LogP contribution in [0.15, 0.2) is 65.8 Å². The lowest BCUT2D eigenvalue weighted by molar-refractivity contribution is 0.284. The molecule has 0 atom stereocenters. The molecule has 4 aromatic rings. The largest absolute Gasteiger partial charge is 0.497 e. The Morgan fingerprint density at radius 3 is 2.44 bits per heavy atom. The van der Waals surface area contributed by atoms with E-state index in [4.69, 9.17) is 18.9 Å². The maximum atomic E-state index is 12.3. The third-order valence-corrected chi connectivity index (χ3v) is 4.88. The molecule has 8 nitrogen and oxygen atoms in total. The van der Waals surface area contributed by atoms with Gasteiger partial charge >= 0.3 is 0 Å². The number of hydrogen-bond acceptors (Lipinski definition) is 7. The molecule has 0 radical (unpaired) electrons. The van der Waals surface area contributed by atoms with Gasteiger partial charge in [0.05, 0.1) is 33.2 Å². The molecule has 0 aliphatic rings. The number of nitrogens with zero attached hydrogens (tertiary/aromatic N) is 3. The van der Waals surface area contributed by atoms with Crippen molar-refractivity contribution in [3.8, 4) is 28.9 Å². The van der Waals surface area contributed by atoms with Crippen LogP contribution < -0.4 is 24.5 Å². The third-order valence-electron chi connectivity index (χ3n) is 4.88. The van der Waals surface area contributed by atoms with Crippen molar-refractivity contribution in [3.63, 3.8) is 0 Å². The maximum Gasteiger partial charge on any atom is 0.260 e. The van der Waals surface area contributed by atoms with Gasteiger partial charge in [-0.05, 0) is 36.8 Å². The number of methoxy groups -OCH3 is 2. The standard InChI is InChI=1S/C24H23N3O5/c1-16-13-25-22-9-8-19(15-27(22)24(16)28)32-20-12-21(30-3)23(26-14-20)31-11-10-17-4-6-18(29-2)7-5-17/h4-9,12-15H,10-11H2,1-3H3. The number of pyridine rings is 2. The first-order valence-electron chi connectivity index (χ1n) is 10.0. The van der Waals surface area contributed by atoms with Crippen molar-refractivity contribution >= 4 is 5.65 Å². The van der Waals surface area contributed by atoms with E-state index in [0.29, 0.717) is 47.4 Å². The zero-order chi connectivity index (χ0) is 22.5. The molecule has 0 N–H and O–H groups in total. The van der Waals surface area contributed by atoms with Crippen molar-refractivity contribution in [3.05, 3.63) is 82.5 Å². The van der Waals surface area contributed by atoms with Gasteiger partial charge in [0.25, 0.3) is 11.4 Å². The van der Waals surface area contributed by atoms with Gasteiger partial charge in [-0.1, -0.05) is 12.1 Å². The molecule has 3 heterocycles. The number of aryl methyl sites for hydroxylation is 1. The summed E-state index contributed by atoms with van der Waals surface area (Å²) >= 11 is 0. The van der Waals surface area contributed by atoms with E-state index < -0.39 is 0 Å². The fourth-order valence-corrected chi connectivity index (χ4v) is 3.13. The third kappa shape index (κ3) is 4.64. The van der Waals surface area contributed by atoms with Crippen molar-refractivity contribution in [2.45, 2.75) is 13.3 Å². The second-order valence-electron chi connectivity index (χ2n) is 7.07. The minimum atomic E-state index is -0.142. The Kier molecular flexibility index (Phi) is 6.21. The quantitative estimate of drug-likeness (QED) is 0.418. The lowest BCUT2D eigenvalue weighted by Crippen LogP contribution is -2.16. The van der Waals surface area contributed by atoms with Crippen LogP contribution in [0.4, 0.5) is 0 Å². The first-order valence-corrected chi connectivity index (χ1v) is 10.0. The lowest BCUT2D eigenvalue weighted by atomic mass is 10.1. The number of fused-ring (bicyclic) bond motifs is 1. The normalized spacial score (nSPS) is 10.7. The fourth-order valence-electron chi connectivity index (χ4n) is 3.13. The van der Waals surface area contributed by atoms with Gasteiger partial charge in [-0.15, -0.1) is 0 Å². The molecule has 32 heavy (non-hydrogen) atoms. The molecule has 0 aliphatic heterocycles. The molecule has 0 aliphatic carbocycles. The smallest absolute Gasteiger partial charge is 0.260 e. The highest BCUT2D eigenvalue weighted by Crippen LogP contribution is 2.31. The predicted molar refractivity (Wildman–Crippen MR) is 119 cm³/mol. The van der Waals surface area contributed by atoms with E-state index in [9.17, 15) is 4.79 Å². The van der Waals surface area contributed by atoms with E-state index in [-0.39, 0.29) is 5.56 Å². The minimum absolute atomic E-state index is 0.142. The van der Waals surface area contributed by atoms with Crippen molar-refractivity contribution in [1.82, 2.24) is 14.4 Å². The molecule has 0 saturated heterocycles. The highest BCUT2D eigenvalue weighted by molar-refractivity contribution is 5.44. The Balaban J connectivity index is 1.45. The molecule has 3 aromatic heterocycles. The fraction of sp³-hybridized carbons (Fsp3) is 0.208. The molecule has 1 aromatic carbocycles. The summed E-state index contributed by atoms with van der Waals surface area (Å²) in [6, 6.07) is 13.0. The first-order chi connectivity index (χ1) is 15.6. The highest BCUT2D eigenvalue weighted by atomic mass is 16.5. The van der Waals surface area contributed by atoms with E-state index in [1.807, 2.05) is 24.3 Å². The van der Waals surface area contributed by atoms with Gasteiger partial charge in [0, 0.05) is 24.2 Å². The van der Waals surface area contributed by atoms with Gasteiger partial charge in [-0.2, -0.15) is 0 Å². The topological polar surface area (TPSA) is 84.2 Å². The molecular weight excluding hydrogens is 410 g/mol. The van der Waals surface area contributed by atoms with Crippen molar-refractivity contribution in [2.24, 2.45) is 0 Å². The van der Waals surface area contributed by atoms with Gasteiger partial charge in [0.15, 0.2) is 5.75 Å². The minimum Gasteiger partial charge on any atom is -0.497 e. The van der Waals surface area contributed by atoms with Gasteiger partial charge in [-0.3, -0.25) is 9.20 Å².